The van der Waals surface area contributed by atoms with Crippen molar-refractivity contribution in [3.8, 4) is 11.5 Å². The third kappa shape index (κ3) is 4.40. The number of carbonyl (C=O) groups is 1. The van der Waals surface area contributed by atoms with E-state index in [4.69, 9.17) is 4.74 Å². The molecule has 3 aromatic rings. The smallest absolute Gasteiger partial charge is 0.337 e. The highest BCUT2D eigenvalue weighted by molar-refractivity contribution is 5.93. The molecule has 0 amide bonds. The number of rotatable bonds is 6. The minimum atomic E-state index is -0.951. The quantitative estimate of drug-likeness (QED) is 0.590. The molecule has 0 saturated carbocycles. The third-order valence-corrected chi connectivity index (χ3v) is 5.37. The van der Waals surface area contributed by atoms with Crippen LogP contribution in [0.3, 0.4) is 0 Å². The van der Waals surface area contributed by atoms with E-state index in [0.717, 1.165) is 36.3 Å². The van der Waals surface area contributed by atoms with Crippen LogP contribution in [0.2, 0.25) is 0 Å². The van der Waals surface area contributed by atoms with Crippen LogP contribution in [0.25, 0.3) is 0 Å². The summed E-state index contributed by atoms with van der Waals surface area (Å²) in [5.74, 6) is 1.00. The molecule has 1 atom stereocenters. The molecule has 5 heteroatoms. The number of carboxylic acid groups (broad SMARTS) is 1. The number of nitrogens with zero attached hydrogens (tertiary/aromatic N) is 1. The lowest BCUT2D eigenvalue weighted by atomic mass is 9.82. The van der Waals surface area contributed by atoms with Crippen molar-refractivity contribution in [2.24, 2.45) is 0 Å². The molecule has 2 N–H and O–H groups in total. The first-order valence-corrected chi connectivity index (χ1v) is 9.88. The van der Waals surface area contributed by atoms with Crippen molar-refractivity contribution in [2.45, 2.75) is 32.1 Å². The van der Waals surface area contributed by atoms with Crippen molar-refractivity contribution in [3.63, 3.8) is 0 Å². The summed E-state index contributed by atoms with van der Waals surface area (Å²) in [5.41, 5.74) is 4.57. The predicted molar refractivity (Wildman–Crippen MR) is 113 cm³/mol. The van der Waals surface area contributed by atoms with Crippen LogP contribution < -0.4 is 10.1 Å². The lowest BCUT2D eigenvalue weighted by Gasteiger charge is -2.27. The molecule has 0 aliphatic heterocycles. The summed E-state index contributed by atoms with van der Waals surface area (Å²) in [5, 5.41) is 12.7. The molecule has 5 nitrogen and oxygen atoms in total. The Bertz CT molecular complexity index is 1030. The minimum Gasteiger partial charge on any atom is -0.478 e. The number of ether oxygens (including phenoxy) is 1. The normalized spacial score (nSPS) is 15.4. The van der Waals surface area contributed by atoms with Gasteiger partial charge in [-0.2, -0.15) is 0 Å². The second-order valence-electron chi connectivity index (χ2n) is 7.48. The monoisotopic (exact) mass is 388 g/mol. The molecule has 0 bridgehead atoms. The van der Waals surface area contributed by atoms with Crippen molar-refractivity contribution in [1.82, 2.24) is 4.98 Å². The van der Waals surface area contributed by atoms with Gasteiger partial charge in [0, 0.05) is 18.7 Å². The Morgan fingerprint density at radius 3 is 2.90 bits per heavy atom. The van der Waals surface area contributed by atoms with Crippen molar-refractivity contribution in [3.05, 3.63) is 83.2 Å². The van der Waals surface area contributed by atoms with E-state index in [0.29, 0.717) is 18.2 Å². The summed E-state index contributed by atoms with van der Waals surface area (Å²) in [4.78, 5) is 15.5. The van der Waals surface area contributed by atoms with Gasteiger partial charge in [-0.1, -0.05) is 18.2 Å². The maximum absolute atomic E-state index is 11.4. The van der Waals surface area contributed by atoms with Crippen LogP contribution in [0, 0.1) is 6.92 Å². The summed E-state index contributed by atoms with van der Waals surface area (Å²) < 4.78 is 6.08. The van der Waals surface area contributed by atoms with E-state index in [1.807, 2.05) is 37.3 Å². The number of hydrogen-bond donors (Lipinski definition) is 2. The lowest BCUT2D eigenvalue weighted by molar-refractivity contribution is 0.0697. The Kier molecular flexibility index (Phi) is 5.47. The van der Waals surface area contributed by atoms with Gasteiger partial charge in [0.05, 0.1) is 17.4 Å². The Balaban J connectivity index is 1.53. The highest BCUT2D eigenvalue weighted by Crippen LogP contribution is 2.35. The fraction of sp³-hybridized carbons (Fsp3) is 0.250. The first-order valence-electron chi connectivity index (χ1n) is 9.88. The molecule has 0 radical (unpaired) electrons. The molecule has 1 aliphatic rings. The Morgan fingerprint density at radius 2 is 2.07 bits per heavy atom. The molecule has 0 fully saturated rings. The molecule has 0 spiro atoms. The lowest BCUT2D eigenvalue weighted by Crippen LogP contribution is -2.19. The molecule has 1 unspecified atom stereocenters. The van der Waals surface area contributed by atoms with Crippen molar-refractivity contribution in [1.29, 1.82) is 0 Å². The van der Waals surface area contributed by atoms with Crippen LogP contribution >= 0.6 is 0 Å². The molecule has 1 aliphatic carbocycles. The second-order valence-corrected chi connectivity index (χ2v) is 7.48. The average Bonchev–Trinajstić information content (AvgIpc) is 2.72. The molecule has 1 heterocycles. The standard InChI is InChI=1S/C24H24N2O3/c1-16-4-2-7-19(12-16)29-20-9-8-17-5-3-6-18(22(17)13-20)14-26-23-15-25-11-10-21(23)24(27)28/h2,4,7-13,15,18,26H,3,5-6,14H2,1H3,(H,27,28). The van der Waals surface area contributed by atoms with Gasteiger partial charge in [-0.3, -0.25) is 4.98 Å². The topological polar surface area (TPSA) is 71.5 Å². The van der Waals surface area contributed by atoms with Crippen molar-refractivity contribution < 1.29 is 14.6 Å². The van der Waals surface area contributed by atoms with Gasteiger partial charge in [-0.05, 0) is 73.2 Å². The maximum Gasteiger partial charge on any atom is 0.337 e. The van der Waals surface area contributed by atoms with Gasteiger partial charge in [0.25, 0.3) is 0 Å². The van der Waals surface area contributed by atoms with E-state index in [1.165, 1.54) is 23.4 Å². The number of aryl methyl sites for hydroxylation is 2. The Morgan fingerprint density at radius 1 is 1.21 bits per heavy atom. The Hall–Kier alpha value is -3.34. The first-order chi connectivity index (χ1) is 14.1. The first kappa shape index (κ1) is 19.0. The van der Waals surface area contributed by atoms with Crippen LogP contribution in [0.4, 0.5) is 5.69 Å². The largest absolute Gasteiger partial charge is 0.478 e. The van der Waals surface area contributed by atoms with Crippen molar-refractivity contribution in [2.75, 3.05) is 11.9 Å². The van der Waals surface area contributed by atoms with Crippen molar-refractivity contribution >= 4 is 11.7 Å². The van der Waals surface area contributed by atoms with Crippen LogP contribution in [0.15, 0.2) is 60.9 Å². The zero-order valence-electron chi connectivity index (χ0n) is 16.4. The SMILES string of the molecule is Cc1cccc(Oc2ccc3c(c2)C(CNc2cnccc2C(=O)O)CCC3)c1. The molecule has 148 valence electrons. The van der Waals surface area contributed by atoms with E-state index in [-0.39, 0.29) is 5.56 Å². The van der Waals surface area contributed by atoms with E-state index in [9.17, 15) is 9.90 Å². The molecule has 29 heavy (non-hydrogen) atoms. The van der Waals surface area contributed by atoms with E-state index in [2.05, 4.69) is 22.4 Å². The van der Waals surface area contributed by atoms with Crippen LogP contribution in [-0.4, -0.2) is 22.6 Å². The molecule has 2 aromatic carbocycles. The summed E-state index contributed by atoms with van der Waals surface area (Å²) in [7, 11) is 0. The van der Waals surface area contributed by atoms with Gasteiger partial charge in [-0.25, -0.2) is 4.79 Å². The zero-order valence-corrected chi connectivity index (χ0v) is 16.4. The van der Waals surface area contributed by atoms with Crippen LogP contribution in [0.5, 0.6) is 11.5 Å². The average molecular weight is 388 g/mol. The number of pyridine rings is 1. The van der Waals surface area contributed by atoms with Crippen LogP contribution in [0.1, 0.15) is 45.8 Å². The number of aromatic carboxylic acids is 1. The molecular weight excluding hydrogens is 364 g/mol. The van der Waals surface area contributed by atoms with Gasteiger partial charge in [-0.15, -0.1) is 0 Å². The number of carboxylic acids is 1. The number of hydrogen-bond acceptors (Lipinski definition) is 4. The molecular formula is C24H24N2O3. The number of anilines is 1. The van der Waals surface area contributed by atoms with Crippen LogP contribution in [-0.2, 0) is 6.42 Å². The van der Waals surface area contributed by atoms with E-state index >= 15 is 0 Å². The number of benzene rings is 2. The number of nitrogens with one attached hydrogen (secondary N) is 1. The fourth-order valence-corrected chi connectivity index (χ4v) is 3.92. The summed E-state index contributed by atoms with van der Waals surface area (Å²) in [6, 6.07) is 15.8. The zero-order chi connectivity index (χ0) is 20.2. The molecule has 1 aromatic heterocycles. The van der Waals surface area contributed by atoms with Gasteiger partial charge < -0.3 is 15.2 Å². The highest BCUT2D eigenvalue weighted by atomic mass is 16.5. The van der Waals surface area contributed by atoms with Gasteiger partial charge in [0.15, 0.2) is 0 Å². The molecule has 4 rings (SSSR count). The van der Waals surface area contributed by atoms with E-state index < -0.39 is 5.97 Å². The maximum atomic E-state index is 11.4. The minimum absolute atomic E-state index is 0.243. The Labute approximate surface area is 170 Å². The van der Waals surface area contributed by atoms with Gasteiger partial charge in [0.2, 0.25) is 0 Å². The number of fused-ring (bicyclic) bond motifs is 1. The highest BCUT2D eigenvalue weighted by Gasteiger charge is 2.22. The summed E-state index contributed by atoms with van der Waals surface area (Å²) >= 11 is 0. The summed E-state index contributed by atoms with van der Waals surface area (Å²) in [6.45, 7) is 2.71. The third-order valence-electron chi connectivity index (χ3n) is 5.37. The van der Waals surface area contributed by atoms with Gasteiger partial charge in [0.1, 0.15) is 11.5 Å². The van der Waals surface area contributed by atoms with E-state index in [1.54, 1.807) is 6.20 Å². The van der Waals surface area contributed by atoms with Gasteiger partial charge >= 0.3 is 5.97 Å². The predicted octanol–water partition coefficient (Wildman–Crippen LogP) is 5.41. The second kappa shape index (κ2) is 8.35. The summed E-state index contributed by atoms with van der Waals surface area (Å²) in [6.07, 6.45) is 6.31. The fourth-order valence-electron chi connectivity index (χ4n) is 3.92. The molecule has 0 saturated heterocycles. The number of aromatic nitrogens is 1.